The lowest BCUT2D eigenvalue weighted by Gasteiger charge is -2.51. The van der Waals surface area contributed by atoms with Crippen molar-refractivity contribution in [2.75, 3.05) is 12.4 Å². The molecule has 2 unspecified atom stereocenters. The minimum absolute atomic E-state index is 0.00711. The first-order valence-electron chi connectivity index (χ1n) is 6.20. The van der Waals surface area contributed by atoms with Gasteiger partial charge in [-0.1, -0.05) is 25.4 Å². The zero-order valence-electron chi connectivity index (χ0n) is 11.4. The summed E-state index contributed by atoms with van der Waals surface area (Å²) >= 11 is 5.70. The van der Waals surface area contributed by atoms with Crippen molar-refractivity contribution in [3.05, 3.63) is 33.1 Å². The van der Waals surface area contributed by atoms with Crippen molar-refractivity contribution in [2.24, 2.45) is 5.41 Å². The molecule has 1 fully saturated rings. The predicted molar refractivity (Wildman–Crippen MR) is 74.7 cm³/mol. The summed E-state index contributed by atoms with van der Waals surface area (Å²) in [6.45, 7) is 4.03. The standard InChI is InChI=1S/C13H16ClFN2O3/c1-13(2)11(6-12(13)20-3)16-9-4-7(14)8(15)5-10(9)17(18)19/h4-5,11-12,16H,6H2,1-3H3. The van der Waals surface area contributed by atoms with Crippen LogP contribution in [0.3, 0.4) is 0 Å². The van der Waals surface area contributed by atoms with Crippen LogP contribution in [0, 0.1) is 21.3 Å². The number of hydrogen-bond acceptors (Lipinski definition) is 4. The smallest absolute Gasteiger partial charge is 0.295 e. The van der Waals surface area contributed by atoms with Gasteiger partial charge in [0.05, 0.1) is 22.1 Å². The molecule has 0 heterocycles. The van der Waals surface area contributed by atoms with Crippen molar-refractivity contribution in [3.8, 4) is 0 Å². The lowest BCUT2D eigenvalue weighted by molar-refractivity contribution is -0.384. The summed E-state index contributed by atoms with van der Waals surface area (Å²) in [7, 11) is 1.64. The monoisotopic (exact) mass is 302 g/mol. The van der Waals surface area contributed by atoms with Gasteiger partial charge in [0.1, 0.15) is 11.5 Å². The number of nitro benzene ring substituents is 1. The maximum absolute atomic E-state index is 13.3. The zero-order chi connectivity index (χ0) is 15.1. The zero-order valence-corrected chi connectivity index (χ0v) is 12.2. The van der Waals surface area contributed by atoms with Gasteiger partial charge in [-0.2, -0.15) is 0 Å². The SMILES string of the molecule is COC1CC(Nc2cc(Cl)c(F)cc2[N+](=O)[O-])C1(C)C. The first-order valence-corrected chi connectivity index (χ1v) is 6.58. The molecule has 1 aromatic rings. The van der Waals surface area contributed by atoms with Crippen LogP contribution in [0.4, 0.5) is 15.8 Å². The Morgan fingerprint density at radius 3 is 2.70 bits per heavy atom. The maximum Gasteiger partial charge on any atom is 0.295 e. The van der Waals surface area contributed by atoms with Gasteiger partial charge in [-0.05, 0) is 12.5 Å². The predicted octanol–water partition coefficient (Wildman–Crippen LogP) is 3.61. The molecular formula is C13H16ClFN2O3. The number of hydrogen-bond donors (Lipinski definition) is 1. The minimum atomic E-state index is -0.799. The summed E-state index contributed by atoms with van der Waals surface area (Å²) in [5.41, 5.74) is -0.249. The van der Waals surface area contributed by atoms with Crippen LogP contribution in [0.1, 0.15) is 20.3 Å². The van der Waals surface area contributed by atoms with Gasteiger partial charge in [0, 0.05) is 18.6 Å². The number of ether oxygens (including phenoxy) is 1. The van der Waals surface area contributed by atoms with E-state index in [2.05, 4.69) is 5.32 Å². The highest BCUT2D eigenvalue weighted by Crippen LogP contribution is 2.45. The minimum Gasteiger partial charge on any atom is -0.381 e. The number of rotatable bonds is 4. The first-order chi connectivity index (χ1) is 9.27. The molecule has 1 N–H and O–H groups in total. The average Bonchev–Trinajstić information content (AvgIpc) is 2.37. The molecule has 5 nitrogen and oxygen atoms in total. The highest BCUT2D eigenvalue weighted by molar-refractivity contribution is 6.31. The van der Waals surface area contributed by atoms with Crippen LogP contribution in [-0.2, 0) is 4.74 Å². The summed E-state index contributed by atoms with van der Waals surface area (Å²) in [6.07, 6.45) is 0.824. The molecule has 7 heteroatoms. The van der Waals surface area contributed by atoms with Gasteiger partial charge in [-0.25, -0.2) is 4.39 Å². The molecular weight excluding hydrogens is 287 g/mol. The van der Waals surface area contributed by atoms with Crippen LogP contribution in [0.5, 0.6) is 0 Å². The van der Waals surface area contributed by atoms with Crippen LogP contribution >= 0.6 is 11.6 Å². The molecule has 110 valence electrons. The van der Waals surface area contributed by atoms with Gasteiger partial charge < -0.3 is 10.1 Å². The molecule has 0 saturated heterocycles. The van der Waals surface area contributed by atoms with E-state index in [0.29, 0.717) is 0 Å². The Hall–Kier alpha value is -1.40. The van der Waals surface area contributed by atoms with Crippen molar-refractivity contribution in [1.29, 1.82) is 0 Å². The van der Waals surface area contributed by atoms with E-state index in [1.807, 2.05) is 13.8 Å². The van der Waals surface area contributed by atoms with Crippen molar-refractivity contribution in [1.82, 2.24) is 0 Å². The second-order valence-electron chi connectivity index (χ2n) is 5.52. The first kappa shape index (κ1) is 15.0. The van der Waals surface area contributed by atoms with Crippen LogP contribution in [-0.4, -0.2) is 24.2 Å². The molecule has 0 bridgehead atoms. The third kappa shape index (κ3) is 2.45. The van der Waals surface area contributed by atoms with E-state index in [-0.39, 0.29) is 34.0 Å². The fraction of sp³-hybridized carbons (Fsp3) is 0.538. The topological polar surface area (TPSA) is 64.4 Å². The average molecular weight is 303 g/mol. The Morgan fingerprint density at radius 2 is 2.20 bits per heavy atom. The van der Waals surface area contributed by atoms with Gasteiger partial charge in [0.15, 0.2) is 0 Å². The highest BCUT2D eigenvalue weighted by atomic mass is 35.5. The summed E-state index contributed by atoms with van der Waals surface area (Å²) in [5, 5.41) is 13.9. The molecule has 20 heavy (non-hydrogen) atoms. The summed E-state index contributed by atoms with van der Waals surface area (Å²) in [6, 6.07) is 2.10. The number of anilines is 1. The molecule has 0 aliphatic heterocycles. The molecule has 0 spiro atoms. The van der Waals surface area contributed by atoms with Gasteiger partial charge in [-0.3, -0.25) is 10.1 Å². The van der Waals surface area contributed by atoms with E-state index in [4.69, 9.17) is 16.3 Å². The number of nitro groups is 1. The fourth-order valence-electron chi connectivity index (χ4n) is 2.52. The van der Waals surface area contributed by atoms with E-state index in [1.165, 1.54) is 6.07 Å². The maximum atomic E-state index is 13.3. The van der Waals surface area contributed by atoms with Crippen molar-refractivity contribution < 1.29 is 14.1 Å². The highest BCUT2D eigenvalue weighted by Gasteiger charge is 2.49. The van der Waals surface area contributed by atoms with E-state index < -0.39 is 10.7 Å². The summed E-state index contributed by atoms with van der Waals surface area (Å²) < 4.78 is 18.7. The molecule has 1 aliphatic carbocycles. The fourth-order valence-corrected chi connectivity index (χ4v) is 2.68. The molecule has 2 rings (SSSR count). The van der Waals surface area contributed by atoms with Gasteiger partial charge in [-0.15, -0.1) is 0 Å². The van der Waals surface area contributed by atoms with Crippen LogP contribution < -0.4 is 5.32 Å². The summed E-state index contributed by atoms with van der Waals surface area (Å²) in [4.78, 5) is 10.4. The Bertz CT molecular complexity index is 551. The second kappa shape index (κ2) is 5.18. The Morgan fingerprint density at radius 1 is 1.55 bits per heavy atom. The molecule has 0 radical (unpaired) electrons. The quantitative estimate of drug-likeness (QED) is 0.681. The van der Waals surface area contributed by atoms with Gasteiger partial charge >= 0.3 is 0 Å². The second-order valence-corrected chi connectivity index (χ2v) is 5.93. The van der Waals surface area contributed by atoms with E-state index in [0.717, 1.165) is 12.5 Å². The number of methoxy groups -OCH3 is 1. The molecule has 2 atom stereocenters. The molecule has 0 amide bonds. The van der Waals surface area contributed by atoms with Crippen molar-refractivity contribution in [2.45, 2.75) is 32.4 Å². The van der Waals surface area contributed by atoms with Gasteiger partial charge in [0.2, 0.25) is 0 Å². The lowest BCUT2D eigenvalue weighted by Crippen LogP contribution is -2.57. The van der Waals surface area contributed by atoms with E-state index in [9.17, 15) is 14.5 Å². The number of nitrogens with one attached hydrogen (secondary N) is 1. The molecule has 1 aliphatic rings. The molecule has 1 aromatic carbocycles. The number of nitrogens with zero attached hydrogens (tertiary/aromatic N) is 1. The third-order valence-electron chi connectivity index (χ3n) is 4.03. The molecule has 1 saturated carbocycles. The Kier molecular flexibility index (Phi) is 3.88. The van der Waals surface area contributed by atoms with Crippen LogP contribution in [0.25, 0.3) is 0 Å². The van der Waals surface area contributed by atoms with E-state index >= 15 is 0 Å². The molecule has 0 aromatic heterocycles. The third-order valence-corrected chi connectivity index (χ3v) is 4.32. The van der Waals surface area contributed by atoms with Crippen LogP contribution in [0.2, 0.25) is 5.02 Å². The largest absolute Gasteiger partial charge is 0.381 e. The lowest BCUT2D eigenvalue weighted by atomic mass is 9.64. The van der Waals surface area contributed by atoms with Crippen molar-refractivity contribution in [3.63, 3.8) is 0 Å². The van der Waals surface area contributed by atoms with E-state index in [1.54, 1.807) is 7.11 Å². The van der Waals surface area contributed by atoms with Crippen LogP contribution in [0.15, 0.2) is 12.1 Å². The van der Waals surface area contributed by atoms with Crippen molar-refractivity contribution >= 4 is 23.0 Å². The number of halogens is 2. The Labute approximate surface area is 121 Å². The van der Waals surface area contributed by atoms with Gasteiger partial charge in [0.25, 0.3) is 5.69 Å². The number of benzene rings is 1. The summed E-state index contributed by atoms with van der Waals surface area (Å²) in [5.74, 6) is -0.799. The Balaban J connectivity index is 2.26. The normalized spacial score (nSPS) is 24.1.